The fourth-order valence-electron chi connectivity index (χ4n) is 3.44. The number of fused-ring (bicyclic) bond motifs is 2. The van der Waals surface area contributed by atoms with E-state index in [0.717, 1.165) is 43.1 Å². The van der Waals surface area contributed by atoms with Crippen LogP contribution in [0.4, 0.5) is 5.82 Å². The van der Waals surface area contributed by atoms with Crippen LogP contribution in [0.3, 0.4) is 0 Å². The fraction of sp³-hybridized carbons (Fsp3) is 0.471. The summed E-state index contributed by atoms with van der Waals surface area (Å²) in [6, 6.07) is 1.93. The predicted molar refractivity (Wildman–Crippen MR) is 90.8 cm³/mol. The van der Waals surface area contributed by atoms with Gasteiger partial charge in [-0.05, 0) is 13.0 Å². The van der Waals surface area contributed by atoms with Gasteiger partial charge in [-0.25, -0.2) is 4.98 Å². The molecule has 0 aliphatic carbocycles. The van der Waals surface area contributed by atoms with E-state index in [9.17, 15) is 4.79 Å². The molecule has 2 N–H and O–H groups in total. The molecule has 1 saturated heterocycles. The van der Waals surface area contributed by atoms with Crippen LogP contribution < -0.4 is 15.5 Å². The average molecular weight is 324 g/mol. The first-order valence-corrected chi connectivity index (χ1v) is 8.30. The molecule has 0 unspecified atom stereocenters. The number of carbonyl (C=O) groups is 1. The van der Waals surface area contributed by atoms with Crippen molar-refractivity contribution < 1.29 is 4.79 Å². The minimum absolute atomic E-state index is 0.0170. The number of terminal acetylenes is 1. The minimum Gasteiger partial charge on any atom is -0.354 e. The van der Waals surface area contributed by atoms with Crippen LogP contribution >= 0.6 is 0 Å². The molecule has 4 rings (SSSR count). The maximum atomic E-state index is 12.0. The van der Waals surface area contributed by atoms with E-state index >= 15 is 0 Å². The summed E-state index contributed by atoms with van der Waals surface area (Å²) in [7, 11) is 0. The summed E-state index contributed by atoms with van der Waals surface area (Å²) >= 11 is 0. The number of hydrogen-bond acceptors (Lipinski definition) is 5. The molecule has 0 aromatic carbocycles. The van der Waals surface area contributed by atoms with Gasteiger partial charge in [0.25, 0.3) is 0 Å². The second-order valence-electron chi connectivity index (χ2n) is 6.24. The molecule has 1 amide bonds. The van der Waals surface area contributed by atoms with Crippen molar-refractivity contribution in [2.24, 2.45) is 5.92 Å². The summed E-state index contributed by atoms with van der Waals surface area (Å²) in [4.78, 5) is 19.0. The SMILES string of the molecule is C#CCNC(=O)C1CN(c2c3c(nc4ccnn24)CCNCC3)C1. The zero-order chi connectivity index (χ0) is 16.5. The van der Waals surface area contributed by atoms with Crippen LogP contribution in [0.1, 0.15) is 11.3 Å². The highest BCUT2D eigenvalue weighted by Gasteiger charge is 2.36. The van der Waals surface area contributed by atoms with Gasteiger partial charge in [0.15, 0.2) is 5.65 Å². The lowest BCUT2D eigenvalue weighted by Gasteiger charge is -2.40. The van der Waals surface area contributed by atoms with Gasteiger partial charge < -0.3 is 15.5 Å². The largest absolute Gasteiger partial charge is 0.354 e. The first-order chi connectivity index (χ1) is 11.8. The monoisotopic (exact) mass is 324 g/mol. The molecular formula is C17H20N6O. The number of anilines is 1. The van der Waals surface area contributed by atoms with Gasteiger partial charge in [-0.15, -0.1) is 6.42 Å². The molecule has 2 aromatic rings. The number of aromatic nitrogens is 3. The Bertz CT molecular complexity index is 814. The van der Waals surface area contributed by atoms with Crippen LogP contribution in [-0.4, -0.2) is 53.2 Å². The molecule has 1 fully saturated rings. The smallest absolute Gasteiger partial charge is 0.227 e. The summed E-state index contributed by atoms with van der Waals surface area (Å²) in [5.74, 6) is 3.54. The van der Waals surface area contributed by atoms with Gasteiger partial charge >= 0.3 is 0 Å². The summed E-state index contributed by atoms with van der Waals surface area (Å²) in [6.07, 6.45) is 8.82. The lowest BCUT2D eigenvalue weighted by Crippen LogP contribution is -2.54. The van der Waals surface area contributed by atoms with E-state index in [1.807, 2.05) is 10.6 Å². The summed E-state index contributed by atoms with van der Waals surface area (Å²) in [5, 5.41) is 10.6. The van der Waals surface area contributed by atoms with Crippen LogP contribution in [0.2, 0.25) is 0 Å². The fourth-order valence-corrected chi connectivity index (χ4v) is 3.44. The average Bonchev–Trinajstić information content (AvgIpc) is 2.87. The molecule has 2 aromatic heterocycles. The standard InChI is InChI=1S/C17H20N6O/c1-2-6-19-16(24)12-10-22(11-12)17-13-3-7-18-8-4-14(13)21-15-5-9-20-23(15)17/h1,5,9,12,18H,3-4,6-8,10-11H2,(H,19,24). The van der Waals surface area contributed by atoms with E-state index in [1.165, 1.54) is 5.56 Å². The topological polar surface area (TPSA) is 74.6 Å². The number of rotatable bonds is 3. The lowest BCUT2D eigenvalue weighted by atomic mass is 9.97. The van der Waals surface area contributed by atoms with E-state index in [-0.39, 0.29) is 18.4 Å². The molecule has 0 bridgehead atoms. The molecule has 0 radical (unpaired) electrons. The Labute approximate surface area is 140 Å². The zero-order valence-corrected chi connectivity index (χ0v) is 13.5. The number of nitrogens with zero attached hydrogens (tertiary/aromatic N) is 4. The molecule has 7 nitrogen and oxygen atoms in total. The normalized spacial score (nSPS) is 17.7. The molecular weight excluding hydrogens is 304 g/mol. The van der Waals surface area contributed by atoms with Crippen LogP contribution in [0, 0.1) is 18.3 Å². The first-order valence-electron chi connectivity index (χ1n) is 8.30. The van der Waals surface area contributed by atoms with Crippen molar-refractivity contribution in [3.8, 4) is 12.3 Å². The minimum atomic E-state index is -0.0170. The Balaban J connectivity index is 1.63. The highest BCUT2D eigenvalue weighted by molar-refractivity contribution is 5.82. The van der Waals surface area contributed by atoms with Gasteiger partial charge in [0.1, 0.15) is 5.82 Å². The van der Waals surface area contributed by atoms with Crippen molar-refractivity contribution in [1.82, 2.24) is 25.2 Å². The molecule has 0 saturated carbocycles. The maximum absolute atomic E-state index is 12.0. The van der Waals surface area contributed by atoms with E-state index in [0.29, 0.717) is 13.1 Å². The van der Waals surface area contributed by atoms with Gasteiger partial charge in [-0.2, -0.15) is 9.61 Å². The molecule has 0 atom stereocenters. The first kappa shape index (κ1) is 15.0. The van der Waals surface area contributed by atoms with Crippen molar-refractivity contribution in [2.75, 3.05) is 37.6 Å². The van der Waals surface area contributed by atoms with Crippen LogP contribution in [-0.2, 0) is 17.6 Å². The molecule has 124 valence electrons. The number of amides is 1. The van der Waals surface area contributed by atoms with Crippen LogP contribution in [0.25, 0.3) is 5.65 Å². The molecule has 2 aliphatic rings. The van der Waals surface area contributed by atoms with Crippen LogP contribution in [0.15, 0.2) is 12.3 Å². The van der Waals surface area contributed by atoms with Gasteiger partial charge in [-0.3, -0.25) is 4.79 Å². The van der Waals surface area contributed by atoms with Crippen LogP contribution in [0.5, 0.6) is 0 Å². The number of carbonyl (C=O) groups excluding carboxylic acids is 1. The van der Waals surface area contributed by atoms with Crippen molar-refractivity contribution in [2.45, 2.75) is 12.8 Å². The predicted octanol–water partition coefficient (Wildman–Crippen LogP) is -0.397. The number of hydrogen-bond donors (Lipinski definition) is 2. The number of nitrogens with one attached hydrogen (secondary N) is 2. The van der Waals surface area contributed by atoms with E-state index in [1.54, 1.807) is 6.20 Å². The Morgan fingerprint density at radius 2 is 2.25 bits per heavy atom. The molecule has 4 heterocycles. The third-order valence-corrected chi connectivity index (χ3v) is 4.70. The quantitative estimate of drug-likeness (QED) is 0.752. The summed E-state index contributed by atoms with van der Waals surface area (Å²) in [5.41, 5.74) is 3.26. The van der Waals surface area contributed by atoms with Gasteiger partial charge in [0.05, 0.1) is 24.4 Å². The lowest BCUT2D eigenvalue weighted by molar-refractivity contribution is -0.125. The van der Waals surface area contributed by atoms with E-state index < -0.39 is 0 Å². The molecule has 7 heteroatoms. The summed E-state index contributed by atoms with van der Waals surface area (Å²) < 4.78 is 1.90. The van der Waals surface area contributed by atoms with Crippen molar-refractivity contribution in [3.05, 3.63) is 23.5 Å². The Morgan fingerprint density at radius 3 is 3.08 bits per heavy atom. The Kier molecular flexibility index (Phi) is 3.82. The third-order valence-electron chi connectivity index (χ3n) is 4.70. The van der Waals surface area contributed by atoms with Gasteiger partial charge in [0, 0.05) is 37.7 Å². The van der Waals surface area contributed by atoms with Crippen molar-refractivity contribution in [3.63, 3.8) is 0 Å². The molecule has 24 heavy (non-hydrogen) atoms. The van der Waals surface area contributed by atoms with Crippen molar-refractivity contribution in [1.29, 1.82) is 0 Å². The molecule has 0 spiro atoms. The summed E-state index contributed by atoms with van der Waals surface area (Å²) in [6.45, 7) is 3.55. The van der Waals surface area contributed by atoms with E-state index in [4.69, 9.17) is 11.4 Å². The third kappa shape index (κ3) is 2.49. The Hall–Kier alpha value is -2.59. The second-order valence-corrected chi connectivity index (χ2v) is 6.24. The van der Waals surface area contributed by atoms with Gasteiger partial charge in [-0.1, -0.05) is 5.92 Å². The van der Waals surface area contributed by atoms with Gasteiger partial charge in [0.2, 0.25) is 5.91 Å². The van der Waals surface area contributed by atoms with E-state index in [2.05, 4.69) is 26.6 Å². The Morgan fingerprint density at radius 1 is 1.42 bits per heavy atom. The zero-order valence-electron chi connectivity index (χ0n) is 13.5. The second kappa shape index (κ2) is 6.13. The van der Waals surface area contributed by atoms with Crippen molar-refractivity contribution >= 4 is 17.4 Å². The molecule has 2 aliphatic heterocycles. The highest BCUT2D eigenvalue weighted by Crippen LogP contribution is 2.31. The highest BCUT2D eigenvalue weighted by atomic mass is 16.2. The maximum Gasteiger partial charge on any atom is 0.227 e.